The van der Waals surface area contributed by atoms with Gasteiger partial charge in [0.05, 0.1) is 23.1 Å². The molecule has 0 bridgehead atoms. The number of aromatic nitrogens is 2. The van der Waals surface area contributed by atoms with E-state index in [0.717, 1.165) is 10.5 Å². The van der Waals surface area contributed by atoms with Crippen LogP contribution in [0.15, 0.2) is 42.6 Å². The molecule has 10 nitrogen and oxygen atoms in total. The van der Waals surface area contributed by atoms with E-state index in [-0.39, 0.29) is 45.8 Å². The lowest BCUT2D eigenvalue weighted by molar-refractivity contribution is -0.118. The van der Waals surface area contributed by atoms with E-state index in [1.165, 1.54) is 31.4 Å². The van der Waals surface area contributed by atoms with Crippen molar-refractivity contribution in [2.75, 3.05) is 22.6 Å². The molecular weight excluding hydrogens is 501 g/mol. The minimum absolute atomic E-state index is 0.0549. The molecule has 0 saturated carbocycles. The molecule has 5 N–H and O–H groups in total. The van der Waals surface area contributed by atoms with Crippen LogP contribution in [-0.4, -0.2) is 34.9 Å². The molecule has 192 valence electrons. The molecule has 0 unspecified atom stereocenters. The van der Waals surface area contributed by atoms with E-state index < -0.39 is 17.8 Å². The molecule has 1 aliphatic heterocycles. The number of primary amides is 1. The Morgan fingerprint density at radius 3 is 2.65 bits per heavy atom. The first-order valence-corrected chi connectivity index (χ1v) is 11.7. The van der Waals surface area contributed by atoms with E-state index >= 15 is 0 Å². The van der Waals surface area contributed by atoms with Gasteiger partial charge in [-0.05, 0) is 41.7 Å². The van der Waals surface area contributed by atoms with Crippen LogP contribution in [0, 0.1) is 5.82 Å². The number of amides is 4. The molecular formula is C25H25ClFN7O3. The van der Waals surface area contributed by atoms with Crippen LogP contribution in [-0.2, 0) is 10.2 Å². The SMILES string of the molecule is CNC(=O)c1cccc(F)c1Nc1nc(Nc2ccc3c(c2)N(C(N)=O)C(=O)CCC3(C)C)ncc1Cl. The highest BCUT2D eigenvalue weighted by Gasteiger charge is 2.35. The van der Waals surface area contributed by atoms with Crippen molar-refractivity contribution in [2.45, 2.75) is 32.1 Å². The Bertz CT molecular complexity index is 1410. The second-order valence-corrected chi connectivity index (χ2v) is 9.47. The first-order valence-electron chi connectivity index (χ1n) is 11.4. The summed E-state index contributed by atoms with van der Waals surface area (Å²) < 4.78 is 14.6. The molecule has 2 aromatic carbocycles. The lowest BCUT2D eigenvalue weighted by Gasteiger charge is -2.26. The van der Waals surface area contributed by atoms with Gasteiger partial charge in [0, 0.05) is 19.2 Å². The summed E-state index contributed by atoms with van der Waals surface area (Å²) in [6, 6.07) is 8.41. The summed E-state index contributed by atoms with van der Waals surface area (Å²) in [5, 5.41) is 8.33. The summed E-state index contributed by atoms with van der Waals surface area (Å²) in [6.45, 7) is 3.99. The lowest BCUT2D eigenvalue weighted by atomic mass is 9.80. The number of para-hydroxylation sites is 1. The molecule has 4 amide bonds. The number of halogens is 2. The molecule has 37 heavy (non-hydrogen) atoms. The number of nitrogens with two attached hydrogens (primary N) is 1. The van der Waals surface area contributed by atoms with Crippen molar-refractivity contribution < 1.29 is 18.8 Å². The van der Waals surface area contributed by atoms with Gasteiger partial charge in [-0.2, -0.15) is 4.98 Å². The fourth-order valence-electron chi connectivity index (χ4n) is 4.15. The Kier molecular flexibility index (Phi) is 6.99. The smallest absolute Gasteiger partial charge is 0.326 e. The molecule has 0 fully saturated rings. The van der Waals surface area contributed by atoms with E-state index in [4.69, 9.17) is 17.3 Å². The van der Waals surface area contributed by atoms with Crippen LogP contribution in [0.2, 0.25) is 5.02 Å². The third-order valence-electron chi connectivity index (χ3n) is 6.13. The standard InChI is InChI=1S/C25H25ClFN7O3/c1-25(2)10-9-19(35)34(23(28)37)18-11-13(7-8-15(18)25)31-24-30-12-16(26)21(33-24)32-20-14(22(36)29-3)5-4-6-17(20)27/h4-8,11-12H,9-10H2,1-3H3,(H2,28,37)(H,29,36)(H2,30,31,32,33). The minimum atomic E-state index is -0.868. The maximum atomic E-state index is 14.6. The highest BCUT2D eigenvalue weighted by atomic mass is 35.5. The molecule has 0 radical (unpaired) electrons. The van der Waals surface area contributed by atoms with Crippen molar-refractivity contribution in [1.82, 2.24) is 15.3 Å². The van der Waals surface area contributed by atoms with E-state index in [1.807, 2.05) is 19.9 Å². The Balaban J connectivity index is 1.69. The molecule has 0 aliphatic carbocycles. The molecule has 1 aromatic heterocycles. The van der Waals surface area contributed by atoms with E-state index in [2.05, 4.69) is 25.9 Å². The topological polar surface area (TPSA) is 142 Å². The molecule has 2 heterocycles. The number of rotatable bonds is 5. The predicted molar refractivity (Wildman–Crippen MR) is 139 cm³/mol. The molecule has 0 spiro atoms. The normalized spacial score (nSPS) is 14.4. The second kappa shape index (κ2) is 10.0. The van der Waals surface area contributed by atoms with Gasteiger partial charge >= 0.3 is 6.03 Å². The summed E-state index contributed by atoms with van der Waals surface area (Å²) in [7, 11) is 1.44. The maximum absolute atomic E-state index is 14.6. The summed E-state index contributed by atoms with van der Waals surface area (Å²) >= 11 is 6.25. The Morgan fingerprint density at radius 2 is 1.95 bits per heavy atom. The number of nitrogens with one attached hydrogen (secondary N) is 3. The summed E-state index contributed by atoms with van der Waals surface area (Å²) in [6.07, 6.45) is 2.04. The van der Waals surface area contributed by atoms with Gasteiger partial charge in [0.1, 0.15) is 10.8 Å². The van der Waals surface area contributed by atoms with E-state index in [0.29, 0.717) is 17.8 Å². The number of carbonyl (C=O) groups excluding carboxylic acids is 3. The largest absolute Gasteiger partial charge is 0.355 e. The molecule has 3 aromatic rings. The zero-order valence-electron chi connectivity index (χ0n) is 20.4. The number of nitrogens with zero attached hydrogens (tertiary/aromatic N) is 3. The molecule has 1 aliphatic rings. The van der Waals surface area contributed by atoms with Crippen molar-refractivity contribution in [3.63, 3.8) is 0 Å². The zero-order chi connectivity index (χ0) is 26.9. The van der Waals surface area contributed by atoms with Crippen molar-refractivity contribution in [2.24, 2.45) is 5.73 Å². The second-order valence-electron chi connectivity index (χ2n) is 9.06. The Labute approximate surface area is 217 Å². The van der Waals surface area contributed by atoms with Crippen LogP contribution < -0.4 is 26.6 Å². The van der Waals surface area contributed by atoms with Gasteiger partial charge in [-0.1, -0.05) is 37.6 Å². The van der Waals surface area contributed by atoms with Crippen LogP contribution in [0.3, 0.4) is 0 Å². The van der Waals surface area contributed by atoms with Crippen LogP contribution in [0.5, 0.6) is 0 Å². The number of anilines is 5. The quantitative estimate of drug-likeness (QED) is 0.381. The van der Waals surface area contributed by atoms with Crippen molar-refractivity contribution in [3.05, 3.63) is 64.6 Å². The number of hydrogen-bond donors (Lipinski definition) is 4. The number of hydrogen-bond acceptors (Lipinski definition) is 7. The van der Waals surface area contributed by atoms with Crippen molar-refractivity contribution in [3.8, 4) is 0 Å². The fourth-order valence-corrected chi connectivity index (χ4v) is 4.28. The molecule has 12 heteroatoms. The van der Waals surface area contributed by atoms with Crippen LogP contribution in [0.1, 0.15) is 42.6 Å². The summed E-state index contributed by atoms with van der Waals surface area (Å²) in [4.78, 5) is 46.5. The molecule has 0 saturated heterocycles. The average Bonchev–Trinajstić information content (AvgIpc) is 2.95. The van der Waals surface area contributed by atoms with Crippen LogP contribution in [0.25, 0.3) is 0 Å². The fraction of sp³-hybridized carbons (Fsp3) is 0.240. The Morgan fingerprint density at radius 1 is 1.19 bits per heavy atom. The first-order chi connectivity index (χ1) is 17.5. The monoisotopic (exact) mass is 525 g/mol. The van der Waals surface area contributed by atoms with E-state index in [1.54, 1.807) is 12.1 Å². The van der Waals surface area contributed by atoms with Gasteiger partial charge in [-0.3, -0.25) is 9.59 Å². The number of carbonyl (C=O) groups is 3. The highest BCUT2D eigenvalue weighted by molar-refractivity contribution is 6.33. The molecule has 0 atom stereocenters. The minimum Gasteiger partial charge on any atom is -0.355 e. The zero-order valence-corrected chi connectivity index (χ0v) is 21.1. The molecule has 4 rings (SSSR count). The van der Waals surface area contributed by atoms with Crippen molar-refractivity contribution in [1.29, 1.82) is 0 Å². The van der Waals surface area contributed by atoms with Gasteiger partial charge in [0.15, 0.2) is 5.82 Å². The third-order valence-corrected chi connectivity index (χ3v) is 6.41. The maximum Gasteiger partial charge on any atom is 0.326 e. The van der Waals surface area contributed by atoms with Gasteiger partial charge < -0.3 is 21.7 Å². The summed E-state index contributed by atoms with van der Waals surface area (Å²) in [5.74, 6) is -1.40. The third kappa shape index (κ3) is 5.17. The average molecular weight is 526 g/mol. The van der Waals surface area contributed by atoms with E-state index in [9.17, 15) is 18.8 Å². The van der Waals surface area contributed by atoms with Gasteiger partial charge in [-0.25, -0.2) is 19.1 Å². The highest BCUT2D eigenvalue weighted by Crippen LogP contribution is 2.41. The van der Waals surface area contributed by atoms with Crippen LogP contribution >= 0.6 is 11.6 Å². The summed E-state index contributed by atoms with van der Waals surface area (Å²) in [5.41, 5.74) is 6.77. The van der Waals surface area contributed by atoms with Crippen LogP contribution in [0.4, 0.5) is 38.0 Å². The first kappa shape index (κ1) is 25.8. The van der Waals surface area contributed by atoms with Gasteiger partial charge in [0.2, 0.25) is 11.9 Å². The predicted octanol–water partition coefficient (Wildman–Crippen LogP) is 4.60. The Hall–Kier alpha value is -4.25. The lowest BCUT2D eigenvalue weighted by Crippen LogP contribution is -2.40. The number of benzene rings is 2. The van der Waals surface area contributed by atoms with Gasteiger partial charge in [-0.15, -0.1) is 0 Å². The van der Waals surface area contributed by atoms with Crippen molar-refractivity contribution >= 4 is 58.3 Å². The number of imide groups is 1. The number of fused-ring (bicyclic) bond motifs is 1. The number of urea groups is 1. The van der Waals surface area contributed by atoms with Gasteiger partial charge in [0.25, 0.3) is 5.91 Å².